The third-order valence-electron chi connectivity index (χ3n) is 5.65. The molecule has 29 heavy (non-hydrogen) atoms. The van der Waals surface area contributed by atoms with E-state index in [4.69, 9.17) is 0 Å². The first kappa shape index (κ1) is 18.3. The van der Waals surface area contributed by atoms with Crippen molar-refractivity contribution in [2.75, 3.05) is 5.32 Å². The molecule has 148 valence electrons. The van der Waals surface area contributed by atoms with E-state index in [0.717, 1.165) is 52.8 Å². The number of nitrogens with zero attached hydrogens (tertiary/aromatic N) is 3. The zero-order valence-electron chi connectivity index (χ0n) is 16.1. The van der Waals surface area contributed by atoms with Crippen molar-refractivity contribution in [1.29, 1.82) is 0 Å². The lowest BCUT2D eigenvalue weighted by molar-refractivity contribution is 0.126. The second-order valence-electron chi connectivity index (χ2n) is 7.72. The summed E-state index contributed by atoms with van der Waals surface area (Å²) in [7, 11) is 0. The van der Waals surface area contributed by atoms with Gasteiger partial charge in [0.15, 0.2) is 0 Å². The van der Waals surface area contributed by atoms with Crippen LogP contribution in [0.2, 0.25) is 0 Å². The Hall–Kier alpha value is -2.77. The first-order chi connectivity index (χ1) is 14.1. The van der Waals surface area contributed by atoms with Crippen LogP contribution in [0.3, 0.4) is 0 Å². The van der Waals surface area contributed by atoms with Crippen LogP contribution in [0.4, 0.5) is 5.69 Å². The Bertz CT molecular complexity index is 1240. The van der Waals surface area contributed by atoms with Crippen molar-refractivity contribution < 1.29 is 5.11 Å². The van der Waals surface area contributed by atoms with Crippen LogP contribution in [-0.2, 0) is 0 Å². The number of anilines is 1. The van der Waals surface area contributed by atoms with Gasteiger partial charge in [-0.15, -0.1) is 11.3 Å². The van der Waals surface area contributed by atoms with E-state index in [9.17, 15) is 9.90 Å². The molecular formula is C22H22N4O2S. The highest BCUT2D eigenvalue weighted by Crippen LogP contribution is 2.35. The third kappa shape index (κ3) is 3.30. The molecule has 7 heteroatoms. The average Bonchev–Trinajstić information content (AvgIpc) is 3.12. The van der Waals surface area contributed by atoms with Crippen molar-refractivity contribution in [2.45, 2.75) is 44.8 Å². The van der Waals surface area contributed by atoms with Crippen molar-refractivity contribution in [1.82, 2.24) is 14.5 Å². The van der Waals surface area contributed by atoms with Gasteiger partial charge in [0.25, 0.3) is 5.56 Å². The van der Waals surface area contributed by atoms with Gasteiger partial charge in [-0.25, -0.2) is 9.97 Å². The highest BCUT2D eigenvalue weighted by molar-refractivity contribution is 7.25. The number of rotatable bonds is 3. The zero-order chi connectivity index (χ0) is 20.0. The maximum absolute atomic E-state index is 13.2. The second-order valence-corrected chi connectivity index (χ2v) is 8.72. The van der Waals surface area contributed by atoms with Crippen LogP contribution >= 0.6 is 11.3 Å². The number of aromatic nitrogens is 3. The number of aryl methyl sites for hydroxylation is 1. The second kappa shape index (κ2) is 7.24. The van der Waals surface area contributed by atoms with Gasteiger partial charge in [-0.1, -0.05) is 17.7 Å². The molecule has 3 aromatic heterocycles. The fourth-order valence-electron chi connectivity index (χ4n) is 4.00. The predicted molar refractivity (Wildman–Crippen MR) is 117 cm³/mol. The Morgan fingerprint density at radius 2 is 1.86 bits per heavy atom. The maximum Gasteiger partial charge on any atom is 0.275 e. The van der Waals surface area contributed by atoms with Crippen LogP contribution in [-0.4, -0.2) is 31.8 Å². The number of hydrogen-bond acceptors (Lipinski definition) is 6. The SMILES string of the molecule is Cc1ccc(-n2cnc3c(sc4nccc(NC5CCC(O)CC5)c43)c2=O)cc1. The number of aliphatic hydroxyl groups is 1. The zero-order valence-corrected chi connectivity index (χ0v) is 16.9. The molecular weight excluding hydrogens is 384 g/mol. The summed E-state index contributed by atoms with van der Waals surface area (Å²) in [6.07, 6.45) is 6.69. The summed E-state index contributed by atoms with van der Waals surface area (Å²) in [4.78, 5) is 23.1. The molecule has 0 unspecified atom stereocenters. The Morgan fingerprint density at radius 1 is 1.10 bits per heavy atom. The molecule has 0 spiro atoms. The molecule has 6 nitrogen and oxygen atoms in total. The van der Waals surface area contributed by atoms with Crippen LogP contribution in [0, 0.1) is 6.92 Å². The first-order valence-electron chi connectivity index (χ1n) is 9.90. The number of benzene rings is 1. The minimum absolute atomic E-state index is 0.0754. The average molecular weight is 407 g/mol. The van der Waals surface area contributed by atoms with E-state index in [1.54, 1.807) is 17.1 Å². The fraction of sp³-hybridized carbons (Fsp3) is 0.318. The van der Waals surface area contributed by atoms with Crippen LogP contribution in [0.15, 0.2) is 47.7 Å². The smallest absolute Gasteiger partial charge is 0.275 e. The summed E-state index contributed by atoms with van der Waals surface area (Å²) in [5.74, 6) is 0. The molecule has 0 aliphatic heterocycles. The molecule has 1 aromatic carbocycles. The molecule has 3 heterocycles. The van der Waals surface area contributed by atoms with Gasteiger partial charge >= 0.3 is 0 Å². The standard InChI is InChI=1S/C22H22N4O2S/c1-13-2-6-15(7-3-13)26-12-24-19-18-17(25-14-4-8-16(27)9-5-14)10-11-23-21(18)29-20(19)22(26)28/h2-3,6-7,10-12,14,16,27H,4-5,8-9H2,1H3,(H,23,25). The fourth-order valence-corrected chi connectivity index (χ4v) is 5.06. The maximum atomic E-state index is 13.2. The van der Waals surface area contributed by atoms with Gasteiger partial charge in [0.1, 0.15) is 15.9 Å². The van der Waals surface area contributed by atoms with Crippen LogP contribution in [0.5, 0.6) is 0 Å². The number of aliphatic hydroxyl groups excluding tert-OH is 1. The molecule has 0 radical (unpaired) electrons. The molecule has 2 N–H and O–H groups in total. The van der Waals surface area contributed by atoms with Gasteiger partial charge in [-0.3, -0.25) is 9.36 Å². The normalized spacial score (nSPS) is 19.7. The van der Waals surface area contributed by atoms with Crippen molar-refractivity contribution in [2.24, 2.45) is 0 Å². The summed E-state index contributed by atoms with van der Waals surface area (Å²) in [5.41, 5.74) is 3.54. The van der Waals surface area contributed by atoms with Gasteiger partial charge in [0.2, 0.25) is 0 Å². The van der Waals surface area contributed by atoms with Gasteiger partial charge in [0.05, 0.1) is 22.7 Å². The Balaban J connectivity index is 1.60. The monoisotopic (exact) mass is 406 g/mol. The third-order valence-corrected chi connectivity index (χ3v) is 6.73. The molecule has 0 amide bonds. The molecule has 0 bridgehead atoms. The van der Waals surface area contributed by atoms with E-state index < -0.39 is 0 Å². The predicted octanol–water partition coefficient (Wildman–Crippen LogP) is 4.02. The van der Waals surface area contributed by atoms with Gasteiger partial charge in [-0.2, -0.15) is 0 Å². The van der Waals surface area contributed by atoms with Gasteiger partial charge in [-0.05, 0) is 50.8 Å². The highest BCUT2D eigenvalue weighted by Gasteiger charge is 2.21. The van der Waals surface area contributed by atoms with Crippen LogP contribution in [0.1, 0.15) is 31.2 Å². The number of fused-ring (bicyclic) bond motifs is 3. The Morgan fingerprint density at radius 3 is 2.62 bits per heavy atom. The number of thiophene rings is 1. The van der Waals surface area contributed by atoms with E-state index in [-0.39, 0.29) is 11.7 Å². The first-order valence-corrected chi connectivity index (χ1v) is 10.7. The molecule has 5 rings (SSSR count). The van der Waals surface area contributed by atoms with Crippen molar-refractivity contribution in [3.63, 3.8) is 0 Å². The van der Waals surface area contributed by atoms with E-state index in [0.29, 0.717) is 16.3 Å². The molecule has 1 fully saturated rings. The molecule has 1 aliphatic rings. The Labute approximate surface area is 171 Å². The van der Waals surface area contributed by atoms with Gasteiger partial charge in [0, 0.05) is 17.9 Å². The van der Waals surface area contributed by atoms with Crippen molar-refractivity contribution in [3.8, 4) is 5.69 Å². The van der Waals surface area contributed by atoms with E-state index in [1.807, 2.05) is 37.3 Å². The molecule has 1 aliphatic carbocycles. The lowest BCUT2D eigenvalue weighted by atomic mass is 9.93. The lowest BCUT2D eigenvalue weighted by Crippen LogP contribution is -2.28. The van der Waals surface area contributed by atoms with Crippen LogP contribution in [0.25, 0.3) is 26.1 Å². The molecule has 1 saturated carbocycles. The summed E-state index contributed by atoms with van der Waals surface area (Å²) in [6, 6.07) is 10.1. The number of hydrogen-bond donors (Lipinski definition) is 2. The molecule has 0 atom stereocenters. The number of nitrogens with one attached hydrogen (secondary N) is 1. The molecule has 0 saturated heterocycles. The Kier molecular flexibility index (Phi) is 4.56. The summed E-state index contributed by atoms with van der Waals surface area (Å²) >= 11 is 1.39. The number of pyridine rings is 1. The molecule has 4 aromatic rings. The minimum atomic E-state index is -0.186. The summed E-state index contributed by atoms with van der Waals surface area (Å²) < 4.78 is 2.20. The minimum Gasteiger partial charge on any atom is -0.393 e. The van der Waals surface area contributed by atoms with E-state index in [1.165, 1.54) is 11.3 Å². The van der Waals surface area contributed by atoms with Crippen LogP contribution < -0.4 is 10.9 Å². The quantitative estimate of drug-likeness (QED) is 0.537. The highest BCUT2D eigenvalue weighted by atomic mass is 32.1. The van der Waals surface area contributed by atoms with Crippen molar-refractivity contribution in [3.05, 3.63) is 58.8 Å². The lowest BCUT2D eigenvalue weighted by Gasteiger charge is -2.27. The topological polar surface area (TPSA) is 80.0 Å². The largest absolute Gasteiger partial charge is 0.393 e. The van der Waals surface area contributed by atoms with E-state index >= 15 is 0 Å². The van der Waals surface area contributed by atoms with Gasteiger partial charge < -0.3 is 10.4 Å². The summed E-state index contributed by atoms with van der Waals surface area (Å²) in [5, 5.41) is 14.3. The summed E-state index contributed by atoms with van der Waals surface area (Å²) in [6.45, 7) is 2.02. The van der Waals surface area contributed by atoms with E-state index in [2.05, 4.69) is 15.3 Å². The van der Waals surface area contributed by atoms with Crippen molar-refractivity contribution >= 4 is 37.5 Å².